The first-order chi connectivity index (χ1) is 8.02. The van der Waals surface area contributed by atoms with E-state index in [4.69, 9.17) is 9.84 Å². The normalized spacial score (nSPS) is 14.1. The predicted octanol–water partition coefficient (Wildman–Crippen LogP) is 1.12. The maximum absolute atomic E-state index is 11.7. The summed E-state index contributed by atoms with van der Waals surface area (Å²) in [7, 11) is 1.40. The van der Waals surface area contributed by atoms with Crippen LogP contribution in [-0.2, 0) is 14.3 Å². The van der Waals surface area contributed by atoms with Crippen molar-refractivity contribution in [2.24, 2.45) is 0 Å². The van der Waals surface area contributed by atoms with Crippen LogP contribution in [0.2, 0.25) is 0 Å². The smallest absolute Gasteiger partial charge is 0.328 e. The van der Waals surface area contributed by atoms with E-state index in [-0.39, 0.29) is 17.8 Å². The molecule has 2 unspecified atom stereocenters. The Morgan fingerprint density at radius 3 is 2.59 bits per heavy atom. The molecule has 0 heterocycles. The molecule has 0 aromatic heterocycles. The Hall–Kier alpha value is -0.750. The van der Waals surface area contributed by atoms with Gasteiger partial charge in [-0.3, -0.25) is 4.79 Å². The van der Waals surface area contributed by atoms with Gasteiger partial charge in [-0.2, -0.15) is 0 Å². The van der Waals surface area contributed by atoms with Crippen molar-refractivity contribution in [1.29, 1.82) is 0 Å². The Kier molecular flexibility index (Phi) is 8.89. The van der Waals surface area contributed by atoms with Crippen LogP contribution >= 0.6 is 11.8 Å². The van der Waals surface area contributed by atoms with E-state index < -0.39 is 12.0 Å². The van der Waals surface area contributed by atoms with Crippen molar-refractivity contribution in [1.82, 2.24) is 5.32 Å². The van der Waals surface area contributed by atoms with Crippen LogP contribution in [0.25, 0.3) is 0 Å². The quantitative estimate of drug-likeness (QED) is 0.610. The summed E-state index contributed by atoms with van der Waals surface area (Å²) >= 11 is 1.54. The molecule has 0 saturated carbocycles. The Bertz CT molecular complexity index is 248. The fourth-order valence-corrected chi connectivity index (χ4v) is 2.14. The van der Waals surface area contributed by atoms with Gasteiger partial charge < -0.3 is 15.2 Å². The number of carbonyl (C=O) groups excluding carboxylic acids is 1. The standard InChI is InChI=1S/C11H21NO4S/c1-4-5-6-17-8(2)10(13)12-9(7-16-3)11(14)15/h8-9H,4-7H2,1-3H3,(H,12,13)(H,14,15). The number of carboxylic acid groups (broad SMARTS) is 1. The van der Waals surface area contributed by atoms with Crippen LogP contribution in [-0.4, -0.2) is 47.7 Å². The molecule has 1 amide bonds. The van der Waals surface area contributed by atoms with Gasteiger partial charge in [0.2, 0.25) is 5.91 Å². The van der Waals surface area contributed by atoms with Crippen LogP contribution < -0.4 is 5.32 Å². The van der Waals surface area contributed by atoms with Gasteiger partial charge in [-0.25, -0.2) is 4.79 Å². The minimum absolute atomic E-state index is 0.0204. The van der Waals surface area contributed by atoms with Gasteiger partial charge in [0.15, 0.2) is 6.04 Å². The number of unbranched alkanes of at least 4 members (excludes halogenated alkanes) is 1. The SMILES string of the molecule is CCCCSC(C)C(=O)NC(COC)C(=O)O. The highest BCUT2D eigenvalue weighted by Crippen LogP contribution is 2.12. The van der Waals surface area contributed by atoms with Crippen molar-refractivity contribution in [3.63, 3.8) is 0 Å². The molecule has 17 heavy (non-hydrogen) atoms. The minimum atomic E-state index is -1.08. The number of carbonyl (C=O) groups is 2. The number of ether oxygens (including phenoxy) is 1. The van der Waals surface area contributed by atoms with Gasteiger partial charge in [-0.1, -0.05) is 13.3 Å². The van der Waals surface area contributed by atoms with Crippen LogP contribution in [0.5, 0.6) is 0 Å². The van der Waals surface area contributed by atoms with Crippen LogP contribution in [0.4, 0.5) is 0 Å². The Morgan fingerprint density at radius 2 is 2.12 bits per heavy atom. The van der Waals surface area contributed by atoms with Crippen LogP contribution in [0.15, 0.2) is 0 Å². The predicted molar refractivity (Wildman–Crippen MR) is 68.3 cm³/mol. The Morgan fingerprint density at radius 1 is 1.47 bits per heavy atom. The molecule has 5 nitrogen and oxygen atoms in total. The molecule has 2 N–H and O–H groups in total. The monoisotopic (exact) mass is 263 g/mol. The van der Waals surface area contributed by atoms with Crippen molar-refractivity contribution < 1.29 is 19.4 Å². The molecule has 0 aromatic rings. The lowest BCUT2D eigenvalue weighted by Gasteiger charge is -2.16. The number of thioether (sulfide) groups is 1. The second kappa shape index (κ2) is 9.30. The average molecular weight is 263 g/mol. The van der Waals surface area contributed by atoms with E-state index in [2.05, 4.69) is 12.2 Å². The van der Waals surface area contributed by atoms with Crippen molar-refractivity contribution in [3.8, 4) is 0 Å². The molecular formula is C11H21NO4S. The van der Waals surface area contributed by atoms with E-state index in [1.165, 1.54) is 18.9 Å². The molecule has 0 radical (unpaired) electrons. The summed E-state index contributed by atoms with van der Waals surface area (Å²) in [6, 6.07) is -0.971. The third-order valence-corrected chi connectivity index (χ3v) is 3.42. The van der Waals surface area contributed by atoms with E-state index >= 15 is 0 Å². The molecule has 0 aromatic carbocycles. The van der Waals surface area contributed by atoms with E-state index in [0.29, 0.717) is 0 Å². The van der Waals surface area contributed by atoms with Crippen molar-refractivity contribution >= 4 is 23.6 Å². The molecule has 0 spiro atoms. The number of carboxylic acids is 1. The highest BCUT2D eigenvalue weighted by molar-refractivity contribution is 8.00. The van der Waals surface area contributed by atoms with Gasteiger partial charge in [0.25, 0.3) is 0 Å². The Labute approximate surface area is 106 Å². The molecule has 6 heteroatoms. The van der Waals surface area contributed by atoms with Gasteiger partial charge in [-0.15, -0.1) is 11.8 Å². The number of nitrogens with one attached hydrogen (secondary N) is 1. The number of aliphatic carboxylic acids is 1. The maximum atomic E-state index is 11.7. The van der Waals surface area contributed by atoms with Gasteiger partial charge in [-0.05, 0) is 19.1 Å². The fourth-order valence-electron chi connectivity index (χ4n) is 1.11. The number of hydrogen-bond acceptors (Lipinski definition) is 4. The van der Waals surface area contributed by atoms with Gasteiger partial charge in [0.1, 0.15) is 0 Å². The number of hydrogen-bond donors (Lipinski definition) is 2. The zero-order valence-electron chi connectivity index (χ0n) is 10.6. The summed E-state index contributed by atoms with van der Waals surface area (Å²) in [6.45, 7) is 3.85. The zero-order chi connectivity index (χ0) is 13.3. The lowest BCUT2D eigenvalue weighted by Crippen LogP contribution is -2.46. The summed E-state index contributed by atoms with van der Waals surface area (Å²) in [5.41, 5.74) is 0. The molecular weight excluding hydrogens is 242 g/mol. The molecule has 2 atom stereocenters. The van der Waals surface area contributed by atoms with E-state index in [9.17, 15) is 9.59 Å². The molecule has 0 aliphatic heterocycles. The lowest BCUT2D eigenvalue weighted by molar-refractivity contribution is -0.143. The second-order valence-electron chi connectivity index (χ2n) is 3.72. The molecule has 0 rings (SSSR count). The molecule has 100 valence electrons. The summed E-state index contributed by atoms with van der Waals surface area (Å²) in [6.07, 6.45) is 2.14. The fraction of sp³-hybridized carbons (Fsp3) is 0.818. The maximum Gasteiger partial charge on any atom is 0.328 e. The number of rotatable bonds is 9. The highest BCUT2D eigenvalue weighted by atomic mass is 32.2. The third-order valence-electron chi connectivity index (χ3n) is 2.18. The topological polar surface area (TPSA) is 75.6 Å². The summed E-state index contributed by atoms with van der Waals surface area (Å²) in [4.78, 5) is 22.5. The number of methoxy groups -OCH3 is 1. The Balaban J connectivity index is 4.06. The van der Waals surface area contributed by atoms with E-state index in [1.807, 2.05) is 0 Å². The van der Waals surface area contributed by atoms with E-state index in [0.717, 1.165) is 18.6 Å². The first kappa shape index (κ1) is 16.2. The van der Waals surface area contributed by atoms with E-state index in [1.54, 1.807) is 6.92 Å². The first-order valence-corrected chi connectivity index (χ1v) is 6.71. The first-order valence-electron chi connectivity index (χ1n) is 5.66. The molecule has 0 fully saturated rings. The zero-order valence-corrected chi connectivity index (χ0v) is 11.4. The summed E-state index contributed by atoms with van der Waals surface area (Å²) in [5.74, 6) is -0.422. The number of amides is 1. The van der Waals surface area contributed by atoms with Gasteiger partial charge in [0, 0.05) is 7.11 Å². The highest BCUT2D eigenvalue weighted by Gasteiger charge is 2.22. The molecule has 0 bridgehead atoms. The van der Waals surface area contributed by atoms with Crippen LogP contribution in [0.1, 0.15) is 26.7 Å². The second-order valence-corrected chi connectivity index (χ2v) is 5.17. The van der Waals surface area contributed by atoms with Crippen LogP contribution in [0.3, 0.4) is 0 Å². The van der Waals surface area contributed by atoms with Gasteiger partial charge >= 0.3 is 5.97 Å². The average Bonchev–Trinajstić information content (AvgIpc) is 2.28. The summed E-state index contributed by atoms with van der Waals surface area (Å²) < 4.78 is 4.74. The summed E-state index contributed by atoms with van der Waals surface area (Å²) in [5, 5.41) is 11.1. The van der Waals surface area contributed by atoms with Crippen molar-refractivity contribution in [3.05, 3.63) is 0 Å². The van der Waals surface area contributed by atoms with Crippen molar-refractivity contribution in [2.45, 2.75) is 38.0 Å². The van der Waals surface area contributed by atoms with Gasteiger partial charge in [0.05, 0.1) is 11.9 Å². The molecule has 0 aliphatic carbocycles. The molecule has 0 saturated heterocycles. The van der Waals surface area contributed by atoms with Crippen molar-refractivity contribution in [2.75, 3.05) is 19.5 Å². The minimum Gasteiger partial charge on any atom is -0.480 e. The third kappa shape index (κ3) is 7.23. The van der Waals surface area contributed by atoms with Crippen LogP contribution in [0, 0.1) is 0 Å². The lowest BCUT2D eigenvalue weighted by atomic mass is 10.3. The molecule has 0 aliphatic rings. The largest absolute Gasteiger partial charge is 0.480 e.